The number of fused-ring (bicyclic) bond motifs is 1. The molecule has 1 fully saturated rings. The Morgan fingerprint density at radius 1 is 1.02 bits per heavy atom. The molecule has 11 heteroatoms. The number of anilines is 3. The molecular weight excluding hydrogens is 572 g/mol. The lowest BCUT2D eigenvalue weighted by atomic mass is 10.1. The van der Waals surface area contributed by atoms with Crippen LogP contribution in [0.15, 0.2) is 75.7 Å². The minimum atomic E-state index is -1.24. The van der Waals surface area contributed by atoms with Gasteiger partial charge in [0.05, 0.1) is 5.52 Å². The lowest BCUT2D eigenvalue weighted by Crippen LogP contribution is -2.46. The van der Waals surface area contributed by atoms with Crippen molar-refractivity contribution in [2.45, 2.75) is 46.2 Å². The van der Waals surface area contributed by atoms with E-state index >= 15 is 0 Å². The number of aromatic carboxylic acids is 1. The summed E-state index contributed by atoms with van der Waals surface area (Å²) in [4.78, 5) is 57.2. The Kier molecular flexibility index (Phi) is 9.68. The average Bonchev–Trinajstić information content (AvgIpc) is 3.02. The summed E-state index contributed by atoms with van der Waals surface area (Å²) in [5.41, 5.74) is 3.41. The highest BCUT2D eigenvalue weighted by molar-refractivity contribution is 5.93. The Balaban J connectivity index is 1.14. The van der Waals surface area contributed by atoms with Gasteiger partial charge in [0.1, 0.15) is 11.4 Å². The summed E-state index contributed by atoms with van der Waals surface area (Å²) in [6.07, 6.45) is 5.52. The number of aryl methyl sites for hydroxylation is 2. The number of nitrogens with zero attached hydrogens (tertiary/aromatic N) is 4. The number of aromatic nitrogens is 3. The molecule has 0 aliphatic carbocycles. The maximum Gasteiger partial charge on any atom is 0.341 e. The summed E-state index contributed by atoms with van der Waals surface area (Å²) in [5.74, 6) is -0.862. The first-order valence-corrected chi connectivity index (χ1v) is 15.4. The molecule has 0 spiro atoms. The molecule has 0 amide bonds. The zero-order chi connectivity index (χ0) is 32.1. The van der Waals surface area contributed by atoms with Gasteiger partial charge >= 0.3 is 11.7 Å². The maximum atomic E-state index is 12.7. The molecule has 1 aliphatic heterocycles. The number of allylic oxidation sites excluding steroid dienone is 1. The summed E-state index contributed by atoms with van der Waals surface area (Å²) >= 11 is 0. The van der Waals surface area contributed by atoms with Gasteiger partial charge in [-0.15, -0.1) is 6.58 Å². The lowest BCUT2D eigenvalue weighted by molar-refractivity contribution is 0.0695. The second-order valence-electron chi connectivity index (χ2n) is 11.5. The minimum absolute atomic E-state index is 0.252. The third-order valence-corrected chi connectivity index (χ3v) is 8.49. The molecular formula is C34H40N6O5. The highest BCUT2D eigenvalue weighted by Gasteiger charge is 2.19. The highest BCUT2D eigenvalue weighted by Crippen LogP contribution is 2.23. The Morgan fingerprint density at radius 3 is 2.47 bits per heavy atom. The molecule has 1 aliphatic rings. The number of carboxylic acid groups (broad SMARTS) is 1. The van der Waals surface area contributed by atoms with Gasteiger partial charge in [0.15, 0.2) is 0 Å². The fourth-order valence-corrected chi connectivity index (χ4v) is 5.94. The smallest absolute Gasteiger partial charge is 0.341 e. The normalized spacial score (nSPS) is 13.7. The Hall–Kier alpha value is -4.90. The molecule has 0 radical (unpaired) electrons. The van der Waals surface area contributed by atoms with Crippen molar-refractivity contribution in [2.75, 3.05) is 42.9 Å². The van der Waals surface area contributed by atoms with Crippen molar-refractivity contribution in [1.29, 1.82) is 0 Å². The van der Waals surface area contributed by atoms with E-state index in [1.807, 2.05) is 30.3 Å². The van der Waals surface area contributed by atoms with Crippen LogP contribution in [0.1, 0.15) is 41.3 Å². The van der Waals surface area contributed by atoms with E-state index in [0.29, 0.717) is 36.2 Å². The van der Waals surface area contributed by atoms with E-state index in [4.69, 9.17) is 0 Å². The summed E-state index contributed by atoms with van der Waals surface area (Å²) < 4.78 is 3.00. The molecule has 3 N–H and O–H groups in total. The Morgan fingerprint density at radius 2 is 1.78 bits per heavy atom. The number of pyridine rings is 1. The molecule has 45 heavy (non-hydrogen) atoms. The number of rotatable bonds is 12. The number of aromatic amines is 1. The van der Waals surface area contributed by atoms with Gasteiger partial charge in [-0.3, -0.25) is 24.0 Å². The number of carbonyl (C=O) groups is 1. The third kappa shape index (κ3) is 7.09. The first-order chi connectivity index (χ1) is 21.7. The first-order valence-electron chi connectivity index (χ1n) is 15.4. The van der Waals surface area contributed by atoms with E-state index in [1.165, 1.54) is 28.0 Å². The SMILES string of the molecule is C=CCn1cc(C(=O)O)c(=O)c2ccc(N3CCN(CCCCn4c(=O)cc(Nc5ccc(C)c(CC)c5)[nH]c4=O)CC3)cc21. The molecule has 2 aromatic heterocycles. The lowest BCUT2D eigenvalue weighted by Gasteiger charge is -2.36. The average molecular weight is 613 g/mol. The zero-order valence-corrected chi connectivity index (χ0v) is 25.8. The third-order valence-electron chi connectivity index (χ3n) is 8.49. The number of piperazine rings is 1. The van der Waals surface area contributed by atoms with Crippen LogP contribution in [0.2, 0.25) is 0 Å². The molecule has 1 saturated heterocycles. The minimum Gasteiger partial charge on any atom is -0.477 e. The summed E-state index contributed by atoms with van der Waals surface area (Å²) in [6.45, 7) is 12.8. The van der Waals surface area contributed by atoms with Crippen LogP contribution in [0.5, 0.6) is 0 Å². The molecule has 236 valence electrons. The molecule has 0 bridgehead atoms. The first kappa shape index (κ1) is 31.5. The summed E-state index contributed by atoms with van der Waals surface area (Å²) in [6, 6.07) is 12.9. The van der Waals surface area contributed by atoms with Crippen LogP contribution in [-0.2, 0) is 19.5 Å². The number of H-pyrrole nitrogens is 1. The summed E-state index contributed by atoms with van der Waals surface area (Å²) in [7, 11) is 0. The molecule has 3 heterocycles. The van der Waals surface area contributed by atoms with Gasteiger partial charge in [0, 0.05) is 68.3 Å². The van der Waals surface area contributed by atoms with Gasteiger partial charge in [-0.1, -0.05) is 19.1 Å². The molecule has 0 unspecified atom stereocenters. The fourth-order valence-electron chi connectivity index (χ4n) is 5.94. The van der Waals surface area contributed by atoms with Crippen LogP contribution in [0.3, 0.4) is 0 Å². The second-order valence-corrected chi connectivity index (χ2v) is 11.5. The monoisotopic (exact) mass is 612 g/mol. The van der Waals surface area contributed by atoms with Crippen molar-refractivity contribution in [3.8, 4) is 0 Å². The maximum absolute atomic E-state index is 12.7. The quantitative estimate of drug-likeness (QED) is 0.162. The van der Waals surface area contributed by atoms with Crippen LogP contribution in [0.4, 0.5) is 17.2 Å². The van der Waals surface area contributed by atoms with Crippen molar-refractivity contribution in [3.63, 3.8) is 0 Å². The van der Waals surface area contributed by atoms with Crippen LogP contribution < -0.4 is 26.9 Å². The number of hydrogen-bond acceptors (Lipinski definition) is 7. The second kappa shape index (κ2) is 13.8. The van der Waals surface area contributed by atoms with Crippen molar-refractivity contribution in [2.24, 2.45) is 0 Å². The number of hydrogen-bond donors (Lipinski definition) is 3. The van der Waals surface area contributed by atoms with Crippen molar-refractivity contribution in [1.82, 2.24) is 19.0 Å². The predicted octanol–water partition coefficient (Wildman–Crippen LogP) is 3.95. The van der Waals surface area contributed by atoms with Crippen LogP contribution in [0, 0.1) is 6.92 Å². The number of nitrogens with one attached hydrogen (secondary N) is 2. The van der Waals surface area contributed by atoms with Gasteiger partial charge in [-0.2, -0.15) is 0 Å². The highest BCUT2D eigenvalue weighted by atomic mass is 16.4. The van der Waals surface area contributed by atoms with Gasteiger partial charge < -0.3 is 19.9 Å². The summed E-state index contributed by atoms with van der Waals surface area (Å²) in [5, 5.41) is 13.0. The molecule has 5 rings (SSSR count). The van der Waals surface area contributed by atoms with Crippen molar-refractivity contribution in [3.05, 3.63) is 109 Å². The molecule has 0 atom stereocenters. The molecule has 2 aromatic carbocycles. The van der Waals surface area contributed by atoms with E-state index in [2.05, 4.69) is 40.5 Å². The zero-order valence-electron chi connectivity index (χ0n) is 25.8. The van der Waals surface area contributed by atoms with E-state index in [-0.39, 0.29) is 11.1 Å². The number of unbranched alkanes of at least 4 members (excludes halogenated alkanes) is 1. The Bertz CT molecular complexity index is 1870. The topological polar surface area (TPSA) is 133 Å². The van der Waals surface area contributed by atoms with Gasteiger partial charge in [-0.25, -0.2) is 9.59 Å². The Labute approximate surface area is 261 Å². The predicted molar refractivity (Wildman–Crippen MR) is 178 cm³/mol. The van der Waals surface area contributed by atoms with E-state index in [1.54, 1.807) is 16.7 Å². The van der Waals surface area contributed by atoms with E-state index < -0.39 is 17.1 Å². The molecule has 11 nitrogen and oxygen atoms in total. The number of benzene rings is 2. The van der Waals surface area contributed by atoms with Crippen molar-refractivity contribution < 1.29 is 9.90 Å². The number of carboxylic acids is 1. The standard InChI is InChI=1S/C34H40N6O5/c1-4-12-39-22-28(33(43)44)32(42)27-11-10-26(20-29(27)39)38-17-15-37(16-18-38)13-6-7-14-40-31(41)21-30(36-34(40)45)35-25-9-8-23(3)24(5-2)19-25/h4,8-11,19-22,35H,1,5-7,12-18H2,2-3H3,(H,36,45)(H,43,44). The van der Waals surface area contributed by atoms with Crippen molar-refractivity contribution >= 4 is 34.1 Å². The van der Waals surface area contributed by atoms with E-state index in [0.717, 1.165) is 56.9 Å². The van der Waals surface area contributed by atoms with Crippen LogP contribution in [-0.4, -0.2) is 62.8 Å². The fraction of sp³-hybridized carbons (Fsp3) is 0.353. The molecule has 0 saturated carbocycles. The molecule has 4 aromatic rings. The van der Waals surface area contributed by atoms with Crippen LogP contribution in [0.25, 0.3) is 10.9 Å². The van der Waals surface area contributed by atoms with Gasteiger partial charge in [-0.05, 0) is 74.2 Å². The largest absolute Gasteiger partial charge is 0.477 e. The van der Waals surface area contributed by atoms with Gasteiger partial charge in [0.25, 0.3) is 5.56 Å². The van der Waals surface area contributed by atoms with Gasteiger partial charge in [0.2, 0.25) is 5.43 Å². The van der Waals surface area contributed by atoms with E-state index in [9.17, 15) is 24.3 Å². The van der Waals surface area contributed by atoms with Crippen LogP contribution >= 0.6 is 0 Å².